The molecule has 1 aliphatic heterocycles. The van der Waals surface area contributed by atoms with Crippen LogP contribution in [0.2, 0.25) is 0 Å². The molecular weight excluding hydrogens is 280 g/mol. The Kier molecular flexibility index (Phi) is 5.95. The number of hydrogen-bond donors (Lipinski definition) is 1. The van der Waals surface area contributed by atoms with E-state index < -0.39 is 0 Å². The van der Waals surface area contributed by atoms with Crippen LogP contribution in [0.3, 0.4) is 0 Å². The van der Waals surface area contributed by atoms with Gasteiger partial charge in [0.2, 0.25) is 5.91 Å². The Hall–Kier alpha value is -1.88. The summed E-state index contributed by atoms with van der Waals surface area (Å²) in [5, 5.41) is 2.93. The molecule has 5 heteroatoms. The van der Waals surface area contributed by atoms with Crippen molar-refractivity contribution in [2.45, 2.75) is 38.8 Å². The number of esters is 1. The number of nitrogens with one attached hydrogen (secondary N) is 1. The SMILES string of the molecule is COC(=O)[C@H]1CCCCN1CC(=O)NCc1ccccc1C. The largest absolute Gasteiger partial charge is 0.468 e. The maximum atomic E-state index is 12.1. The third kappa shape index (κ3) is 4.31. The average Bonchev–Trinajstić information content (AvgIpc) is 2.54. The van der Waals surface area contributed by atoms with E-state index in [9.17, 15) is 9.59 Å². The summed E-state index contributed by atoms with van der Waals surface area (Å²) in [4.78, 5) is 25.9. The number of nitrogens with zero attached hydrogens (tertiary/aromatic N) is 1. The number of benzene rings is 1. The van der Waals surface area contributed by atoms with Gasteiger partial charge in [-0.3, -0.25) is 14.5 Å². The summed E-state index contributed by atoms with van der Waals surface area (Å²) >= 11 is 0. The van der Waals surface area contributed by atoms with Gasteiger partial charge in [0, 0.05) is 6.54 Å². The standard InChI is InChI=1S/C17H24N2O3/c1-13-7-3-4-8-14(13)11-18-16(20)12-19-10-6-5-9-15(19)17(21)22-2/h3-4,7-8,15H,5-6,9-12H2,1-2H3,(H,18,20)/t15-/m1/s1. The second-order valence-corrected chi connectivity index (χ2v) is 5.71. The van der Waals surface area contributed by atoms with E-state index in [1.165, 1.54) is 7.11 Å². The van der Waals surface area contributed by atoms with Crippen molar-refractivity contribution in [1.29, 1.82) is 0 Å². The number of rotatable bonds is 5. The second-order valence-electron chi connectivity index (χ2n) is 5.71. The molecule has 0 bridgehead atoms. The van der Waals surface area contributed by atoms with Crippen LogP contribution in [0.1, 0.15) is 30.4 Å². The van der Waals surface area contributed by atoms with E-state index in [0.29, 0.717) is 6.54 Å². The molecule has 22 heavy (non-hydrogen) atoms. The number of aryl methyl sites for hydroxylation is 1. The normalized spacial score (nSPS) is 18.7. The number of piperidine rings is 1. The summed E-state index contributed by atoms with van der Waals surface area (Å²) < 4.78 is 4.83. The Balaban J connectivity index is 1.87. The summed E-state index contributed by atoms with van der Waals surface area (Å²) in [5.74, 6) is -0.301. The van der Waals surface area contributed by atoms with Gasteiger partial charge in [0.25, 0.3) is 0 Å². The quantitative estimate of drug-likeness (QED) is 0.840. The summed E-state index contributed by atoms with van der Waals surface area (Å²) in [6.45, 7) is 3.55. The van der Waals surface area contributed by atoms with Gasteiger partial charge in [0.05, 0.1) is 13.7 Å². The van der Waals surface area contributed by atoms with E-state index in [4.69, 9.17) is 4.74 Å². The maximum Gasteiger partial charge on any atom is 0.323 e. The van der Waals surface area contributed by atoms with Crippen molar-refractivity contribution in [2.24, 2.45) is 0 Å². The lowest BCUT2D eigenvalue weighted by atomic mass is 10.0. The molecule has 1 amide bonds. The zero-order chi connectivity index (χ0) is 15.9. The minimum Gasteiger partial charge on any atom is -0.468 e. The number of carbonyl (C=O) groups excluding carboxylic acids is 2. The highest BCUT2D eigenvalue weighted by molar-refractivity contribution is 5.80. The lowest BCUT2D eigenvalue weighted by molar-refractivity contribution is -0.148. The van der Waals surface area contributed by atoms with Crippen LogP contribution >= 0.6 is 0 Å². The van der Waals surface area contributed by atoms with Crippen LogP contribution in [0.15, 0.2) is 24.3 Å². The first-order valence-electron chi connectivity index (χ1n) is 7.75. The molecule has 1 aromatic carbocycles. The van der Waals surface area contributed by atoms with E-state index >= 15 is 0 Å². The smallest absolute Gasteiger partial charge is 0.323 e. The van der Waals surface area contributed by atoms with Gasteiger partial charge in [-0.05, 0) is 37.4 Å². The molecule has 1 fully saturated rings. The number of methoxy groups -OCH3 is 1. The Bertz CT molecular complexity index is 530. The van der Waals surface area contributed by atoms with Crippen LogP contribution in [0.4, 0.5) is 0 Å². The zero-order valence-corrected chi connectivity index (χ0v) is 13.3. The molecular formula is C17H24N2O3. The van der Waals surface area contributed by atoms with Crippen LogP contribution in [0.5, 0.6) is 0 Å². The van der Waals surface area contributed by atoms with Crippen LogP contribution < -0.4 is 5.32 Å². The summed E-state index contributed by atoms with van der Waals surface area (Å²) in [6.07, 6.45) is 2.78. The van der Waals surface area contributed by atoms with Crippen molar-refractivity contribution in [3.63, 3.8) is 0 Å². The van der Waals surface area contributed by atoms with E-state index in [-0.39, 0.29) is 24.5 Å². The molecule has 0 radical (unpaired) electrons. The average molecular weight is 304 g/mol. The fourth-order valence-electron chi connectivity index (χ4n) is 2.83. The van der Waals surface area contributed by atoms with Gasteiger partial charge < -0.3 is 10.1 Å². The highest BCUT2D eigenvalue weighted by Gasteiger charge is 2.30. The van der Waals surface area contributed by atoms with Gasteiger partial charge >= 0.3 is 5.97 Å². The van der Waals surface area contributed by atoms with Gasteiger partial charge in [0.15, 0.2) is 0 Å². The molecule has 1 aromatic rings. The molecule has 0 spiro atoms. The molecule has 0 saturated carbocycles. The maximum absolute atomic E-state index is 12.1. The second kappa shape index (κ2) is 7.94. The number of likely N-dealkylation sites (tertiary alicyclic amines) is 1. The molecule has 1 heterocycles. The third-order valence-electron chi connectivity index (χ3n) is 4.17. The first-order valence-corrected chi connectivity index (χ1v) is 7.75. The van der Waals surface area contributed by atoms with Crippen molar-refractivity contribution in [3.05, 3.63) is 35.4 Å². The fourth-order valence-corrected chi connectivity index (χ4v) is 2.83. The fraction of sp³-hybridized carbons (Fsp3) is 0.529. The summed E-state index contributed by atoms with van der Waals surface area (Å²) in [7, 11) is 1.40. The van der Waals surface area contributed by atoms with Gasteiger partial charge in [-0.15, -0.1) is 0 Å². The summed E-state index contributed by atoms with van der Waals surface area (Å²) in [5.41, 5.74) is 2.27. The van der Waals surface area contributed by atoms with E-state index in [1.807, 2.05) is 36.1 Å². The van der Waals surface area contributed by atoms with Crippen LogP contribution in [-0.2, 0) is 20.9 Å². The van der Waals surface area contributed by atoms with Crippen molar-refractivity contribution >= 4 is 11.9 Å². The zero-order valence-electron chi connectivity index (χ0n) is 13.3. The monoisotopic (exact) mass is 304 g/mol. The highest BCUT2D eigenvalue weighted by Crippen LogP contribution is 2.17. The van der Waals surface area contributed by atoms with Gasteiger partial charge in [-0.1, -0.05) is 30.7 Å². The van der Waals surface area contributed by atoms with Crippen LogP contribution in [-0.4, -0.2) is 43.0 Å². The molecule has 0 aromatic heterocycles. The highest BCUT2D eigenvalue weighted by atomic mass is 16.5. The molecule has 5 nitrogen and oxygen atoms in total. The minimum absolute atomic E-state index is 0.0564. The van der Waals surface area contributed by atoms with Crippen molar-refractivity contribution in [2.75, 3.05) is 20.2 Å². The van der Waals surface area contributed by atoms with Crippen molar-refractivity contribution < 1.29 is 14.3 Å². The Morgan fingerprint density at radius 2 is 2.09 bits per heavy atom. The molecule has 0 unspecified atom stereocenters. The Labute approximate surface area is 131 Å². The molecule has 120 valence electrons. The number of carbonyl (C=O) groups is 2. The molecule has 0 aliphatic carbocycles. The van der Waals surface area contributed by atoms with Gasteiger partial charge in [-0.25, -0.2) is 0 Å². The van der Waals surface area contributed by atoms with Crippen molar-refractivity contribution in [1.82, 2.24) is 10.2 Å². The topological polar surface area (TPSA) is 58.6 Å². The molecule has 1 N–H and O–H groups in total. The van der Waals surface area contributed by atoms with E-state index in [1.54, 1.807) is 0 Å². The number of amides is 1. The minimum atomic E-state index is -0.289. The first-order chi connectivity index (χ1) is 10.6. The number of ether oxygens (including phenoxy) is 1. The predicted octanol–water partition coefficient (Wildman–Crippen LogP) is 1.64. The lowest BCUT2D eigenvalue weighted by Crippen LogP contribution is -2.49. The van der Waals surface area contributed by atoms with E-state index in [0.717, 1.165) is 36.9 Å². The van der Waals surface area contributed by atoms with Crippen LogP contribution in [0, 0.1) is 6.92 Å². The third-order valence-corrected chi connectivity index (χ3v) is 4.17. The Morgan fingerprint density at radius 3 is 2.82 bits per heavy atom. The van der Waals surface area contributed by atoms with E-state index in [2.05, 4.69) is 5.32 Å². The van der Waals surface area contributed by atoms with Gasteiger partial charge in [-0.2, -0.15) is 0 Å². The molecule has 1 aliphatic rings. The van der Waals surface area contributed by atoms with Crippen molar-refractivity contribution in [3.8, 4) is 0 Å². The van der Waals surface area contributed by atoms with Gasteiger partial charge in [0.1, 0.15) is 6.04 Å². The summed E-state index contributed by atoms with van der Waals surface area (Å²) in [6, 6.07) is 7.69. The molecule has 2 rings (SSSR count). The molecule has 1 saturated heterocycles. The predicted molar refractivity (Wildman–Crippen MR) is 84.3 cm³/mol. The number of hydrogen-bond acceptors (Lipinski definition) is 4. The lowest BCUT2D eigenvalue weighted by Gasteiger charge is -2.33. The van der Waals surface area contributed by atoms with Crippen LogP contribution in [0.25, 0.3) is 0 Å². The first kappa shape index (κ1) is 16.5. The molecule has 1 atom stereocenters. The Morgan fingerprint density at radius 1 is 1.32 bits per heavy atom.